The third-order valence-electron chi connectivity index (χ3n) is 2.25. The fourth-order valence-corrected chi connectivity index (χ4v) is 1.28. The molecule has 0 aliphatic rings. The maximum atomic E-state index is 11.1. The summed E-state index contributed by atoms with van der Waals surface area (Å²) >= 11 is 0. The van der Waals surface area contributed by atoms with Crippen molar-refractivity contribution < 1.29 is 28.8 Å². The van der Waals surface area contributed by atoms with Gasteiger partial charge in [0.2, 0.25) is 0 Å². The molecular weight excluding hydrogens is 271 g/mol. The van der Waals surface area contributed by atoms with Crippen LogP contribution in [0, 0.1) is 0 Å². The first-order valence-corrected chi connectivity index (χ1v) is 8.31. The minimum absolute atomic E-state index is 0.0186. The van der Waals surface area contributed by atoms with E-state index in [9.17, 15) is 4.79 Å². The second kappa shape index (κ2) is 14.0. The molecule has 0 aliphatic carbocycles. The molecule has 0 saturated carbocycles. The molecule has 0 amide bonds. The summed E-state index contributed by atoms with van der Waals surface area (Å²) in [6.07, 6.45) is 8.62. The standard InChI is InChI=1S/C12H24O2.H3O4P/c1-3-5-7-8-9-10-12(13)14-11-6-4-2;1-5(2,3)4/h3-11H2,1-2H3;(H3,1,2,3,4). The molecule has 0 spiro atoms. The van der Waals surface area contributed by atoms with Crippen molar-refractivity contribution in [1.82, 2.24) is 0 Å². The molecule has 0 fully saturated rings. The van der Waals surface area contributed by atoms with Crippen molar-refractivity contribution in [3.8, 4) is 0 Å². The molecule has 19 heavy (non-hydrogen) atoms. The lowest BCUT2D eigenvalue weighted by Gasteiger charge is -2.03. The monoisotopic (exact) mass is 298 g/mol. The van der Waals surface area contributed by atoms with Gasteiger partial charge in [0.15, 0.2) is 0 Å². The fraction of sp³-hybridized carbons (Fsp3) is 0.917. The predicted octanol–water partition coefficient (Wildman–Crippen LogP) is 2.76. The molecule has 0 heterocycles. The number of carbonyl (C=O) groups is 1. The Morgan fingerprint density at radius 3 is 1.89 bits per heavy atom. The van der Waals surface area contributed by atoms with Gasteiger partial charge in [-0.1, -0.05) is 46.0 Å². The van der Waals surface area contributed by atoms with E-state index in [0.717, 1.165) is 25.7 Å². The van der Waals surface area contributed by atoms with Crippen molar-refractivity contribution in [2.45, 2.75) is 65.2 Å². The Kier molecular flexibility index (Phi) is 15.4. The molecule has 0 aromatic rings. The van der Waals surface area contributed by atoms with Crippen molar-refractivity contribution in [2.75, 3.05) is 6.61 Å². The Hall–Kier alpha value is -0.420. The first-order valence-electron chi connectivity index (χ1n) is 6.75. The van der Waals surface area contributed by atoms with Crippen molar-refractivity contribution >= 4 is 13.8 Å². The first kappa shape index (κ1) is 20.9. The van der Waals surface area contributed by atoms with Crippen LogP contribution in [0.3, 0.4) is 0 Å². The molecule has 0 rings (SSSR count). The maximum Gasteiger partial charge on any atom is 0.466 e. The van der Waals surface area contributed by atoms with Gasteiger partial charge < -0.3 is 19.4 Å². The maximum absolute atomic E-state index is 11.1. The van der Waals surface area contributed by atoms with Gasteiger partial charge in [0, 0.05) is 6.42 Å². The van der Waals surface area contributed by atoms with Crippen LogP contribution in [0.4, 0.5) is 0 Å². The highest BCUT2D eigenvalue weighted by molar-refractivity contribution is 7.45. The first-order chi connectivity index (χ1) is 8.81. The molecule has 7 heteroatoms. The summed E-state index contributed by atoms with van der Waals surface area (Å²) in [5.74, 6) is -0.0186. The molecule has 0 saturated heterocycles. The number of phosphoric acid groups is 1. The van der Waals surface area contributed by atoms with E-state index in [0.29, 0.717) is 13.0 Å². The smallest absolute Gasteiger partial charge is 0.466 e. The van der Waals surface area contributed by atoms with Gasteiger partial charge in [-0.15, -0.1) is 0 Å². The van der Waals surface area contributed by atoms with Gasteiger partial charge in [0.25, 0.3) is 0 Å². The quantitative estimate of drug-likeness (QED) is 0.343. The molecule has 3 N–H and O–H groups in total. The van der Waals surface area contributed by atoms with Crippen LogP contribution < -0.4 is 0 Å². The highest BCUT2D eigenvalue weighted by Crippen LogP contribution is 2.25. The fourth-order valence-electron chi connectivity index (χ4n) is 1.28. The molecule has 0 bridgehead atoms. The lowest BCUT2D eigenvalue weighted by Crippen LogP contribution is -2.05. The zero-order chi connectivity index (χ0) is 15.1. The largest absolute Gasteiger partial charge is 0.466 e. The van der Waals surface area contributed by atoms with Crippen LogP contribution in [-0.4, -0.2) is 27.3 Å². The van der Waals surface area contributed by atoms with Crippen LogP contribution >= 0.6 is 7.82 Å². The third kappa shape index (κ3) is 31.8. The van der Waals surface area contributed by atoms with Crippen LogP contribution in [0.5, 0.6) is 0 Å². The highest BCUT2D eigenvalue weighted by Gasteiger charge is 2.01. The lowest BCUT2D eigenvalue weighted by molar-refractivity contribution is -0.143. The molecule has 0 aromatic carbocycles. The Labute approximate surface area is 115 Å². The molecular formula is C12H27O6P. The van der Waals surface area contributed by atoms with E-state index in [-0.39, 0.29) is 5.97 Å². The number of esters is 1. The number of unbranched alkanes of at least 4 members (excludes halogenated alkanes) is 5. The van der Waals surface area contributed by atoms with Crippen LogP contribution in [0.25, 0.3) is 0 Å². The molecule has 0 atom stereocenters. The van der Waals surface area contributed by atoms with E-state index in [2.05, 4.69) is 13.8 Å². The van der Waals surface area contributed by atoms with Crippen molar-refractivity contribution in [3.05, 3.63) is 0 Å². The molecule has 0 aliphatic heterocycles. The number of hydrogen-bond acceptors (Lipinski definition) is 3. The van der Waals surface area contributed by atoms with Gasteiger partial charge in [0.05, 0.1) is 6.61 Å². The van der Waals surface area contributed by atoms with Crippen LogP contribution in [0.1, 0.15) is 65.2 Å². The molecule has 0 unspecified atom stereocenters. The predicted molar refractivity (Wildman–Crippen MR) is 73.5 cm³/mol. The van der Waals surface area contributed by atoms with E-state index < -0.39 is 7.82 Å². The topological polar surface area (TPSA) is 104 Å². The van der Waals surface area contributed by atoms with Gasteiger partial charge in [-0.3, -0.25) is 4.79 Å². The van der Waals surface area contributed by atoms with Gasteiger partial charge >= 0.3 is 13.8 Å². The summed E-state index contributed by atoms with van der Waals surface area (Å²) in [6.45, 7) is 4.89. The van der Waals surface area contributed by atoms with Gasteiger partial charge in [-0.2, -0.15) is 0 Å². The zero-order valence-electron chi connectivity index (χ0n) is 11.9. The van der Waals surface area contributed by atoms with Crippen molar-refractivity contribution in [3.63, 3.8) is 0 Å². The summed E-state index contributed by atoms with van der Waals surface area (Å²) in [7, 11) is -4.64. The normalized spacial score (nSPS) is 10.6. The van der Waals surface area contributed by atoms with E-state index in [4.69, 9.17) is 24.0 Å². The molecule has 116 valence electrons. The lowest BCUT2D eigenvalue weighted by atomic mass is 10.1. The molecule has 6 nitrogen and oxygen atoms in total. The van der Waals surface area contributed by atoms with Crippen LogP contribution in [0.15, 0.2) is 0 Å². The average Bonchev–Trinajstić information content (AvgIpc) is 2.27. The van der Waals surface area contributed by atoms with E-state index in [1.807, 2.05) is 0 Å². The summed E-state index contributed by atoms with van der Waals surface area (Å²) in [4.78, 5) is 32.7. The second-order valence-corrected chi connectivity index (χ2v) is 5.28. The van der Waals surface area contributed by atoms with Gasteiger partial charge in [0.1, 0.15) is 0 Å². The number of carbonyl (C=O) groups excluding carboxylic acids is 1. The Morgan fingerprint density at radius 1 is 0.947 bits per heavy atom. The summed E-state index contributed by atoms with van der Waals surface area (Å²) in [6, 6.07) is 0. The Bertz CT molecular complexity index is 242. The third-order valence-corrected chi connectivity index (χ3v) is 2.25. The molecule has 0 aromatic heterocycles. The average molecular weight is 298 g/mol. The zero-order valence-corrected chi connectivity index (χ0v) is 12.8. The van der Waals surface area contributed by atoms with Crippen LogP contribution in [-0.2, 0) is 14.1 Å². The number of ether oxygens (including phenoxy) is 1. The van der Waals surface area contributed by atoms with Crippen LogP contribution in [0.2, 0.25) is 0 Å². The van der Waals surface area contributed by atoms with Crippen molar-refractivity contribution in [2.24, 2.45) is 0 Å². The number of hydrogen-bond donors (Lipinski definition) is 3. The SMILES string of the molecule is CCCCCCCC(=O)OCCCC.O=P(O)(O)O. The summed E-state index contributed by atoms with van der Waals surface area (Å²) < 4.78 is 13.9. The minimum Gasteiger partial charge on any atom is -0.466 e. The van der Waals surface area contributed by atoms with Crippen molar-refractivity contribution in [1.29, 1.82) is 0 Å². The number of rotatable bonds is 9. The van der Waals surface area contributed by atoms with E-state index in [1.54, 1.807) is 0 Å². The molecule has 0 radical (unpaired) electrons. The Balaban J connectivity index is 0. The van der Waals surface area contributed by atoms with E-state index >= 15 is 0 Å². The van der Waals surface area contributed by atoms with Gasteiger partial charge in [-0.05, 0) is 12.8 Å². The minimum atomic E-state index is -4.64. The summed E-state index contributed by atoms with van der Waals surface area (Å²) in [5, 5.41) is 0. The van der Waals surface area contributed by atoms with E-state index in [1.165, 1.54) is 19.3 Å². The Morgan fingerprint density at radius 2 is 1.42 bits per heavy atom. The highest BCUT2D eigenvalue weighted by atomic mass is 31.2. The second-order valence-electron chi connectivity index (χ2n) is 4.25. The van der Waals surface area contributed by atoms with Gasteiger partial charge in [-0.25, -0.2) is 4.57 Å². The summed E-state index contributed by atoms with van der Waals surface area (Å²) in [5.41, 5.74) is 0.